The van der Waals surface area contributed by atoms with Crippen molar-refractivity contribution in [1.29, 1.82) is 0 Å². The Morgan fingerprint density at radius 2 is 1.42 bits per heavy atom. The van der Waals surface area contributed by atoms with Gasteiger partial charge in [0.2, 0.25) is 0 Å². The first-order valence-electron chi connectivity index (χ1n) is 4.91. The standard InChI is InChI=1S/C11H6N2O6/c14-9(15)4-1-2-5(10(16)17)7-6(4)8(11(18)19)13-3-12-7/h1-3H,(H,14,15)(H,16,17)(H,18,19). The fraction of sp³-hybridized carbons (Fsp3) is 0. The molecule has 0 amide bonds. The van der Waals surface area contributed by atoms with E-state index in [-0.39, 0.29) is 22.0 Å². The summed E-state index contributed by atoms with van der Waals surface area (Å²) in [6.45, 7) is 0. The molecule has 0 saturated carbocycles. The Hall–Kier alpha value is -3.03. The van der Waals surface area contributed by atoms with Gasteiger partial charge in [0.1, 0.15) is 6.33 Å². The van der Waals surface area contributed by atoms with E-state index in [9.17, 15) is 14.4 Å². The van der Waals surface area contributed by atoms with Crippen molar-refractivity contribution in [3.05, 3.63) is 35.3 Å². The number of rotatable bonds is 3. The van der Waals surface area contributed by atoms with Crippen LogP contribution < -0.4 is 0 Å². The van der Waals surface area contributed by atoms with Crippen LogP contribution in [0.25, 0.3) is 10.9 Å². The SMILES string of the molecule is O=C(O)c1ccc(C(=O)O)c2c(C(=O)O)ncnc12. The lowest BCUT2D eigenvalue weighted by atomic mass is 10.0. The number of aromatic nitrogens is 2. The smallest absolute Gasteiger partial charge is 0.355 e. The highest BCUT2D eigenvalue weighted by atomic mass is 16.4. The molecule has 0 radical (unpaired) electrons. The normalized spacial score (nSPS) is 10.3. The maximum Gasteiger partial charge on any atom is 0.355 e. The molecule has 1 aromatic heterocycles. The second kappa shape index (κ2) is 4.33. The van der Waals surface area contributed by atoms with Gasteiger partial charge in [-0.25, -0.2) is 24.4 Å². The molecule has 0 aliphatic heterocycles. The van der Waals surface area contributed by atoms with Gasteiger partial charge in [-0.1, -0.05) is 0 Å². The van der Waals surface area contributed by atoms with Gasteiger partial charge in [-0.3, -0.25) is 0 Å². The third-order valence-electron chi connectivity index (χ3n) is 2.45. The van der Waals surface area contributed by atoms with Crippen LogP contribution in [-0.4, -0.2) is 43.2 Å². The quantitative estimate of drug-likeness (QED) is 0.735. The highest BCUT2D eigenvalue weighted by Gasteiger charge is 2.22. The van der Waals surface area contributed by atoms with Crippen LogP contribution >= 0.6 is 0 Å². The summed E-state index contributed by atoms with van der Waals surface area (Å²) >= 11 is 0. The van der Waals surface area contributed by atoms with Gasteiger partial charge in [0.15, 0.2) is 5.69 Å². The average Bonchev–Trinajstić information content (AvgIpc) is 2.35. The maximum atomic E-state index is 11.1. The van der Waals surface area contributed by atoms with Gasteiger partial charge in [-0.2, -0.15) is 0 Å². The lowest BCUT2D eigenvalue weighted by molar-refractivity contribution is 0.0679. The zero-order valence-corrected chi connectivity index (χ0v) is 9.19. The van der Waals surface area contributed by atoms with Gasteiger partial charge in [-0.15, -0.1) is 0 Å². The van der Waals surface area contributed by atoms with Crippen molar-refractivity contribution < 1.29 is 29.7 Å². The van der Waals surface area contributed by atoms with Crippen molar-refractivity contribution in [1.82, 2.24) is 9.97 Å². The zero-order valence-electron chi connectivity index (χ0n) is 9.19. The average molecular weight is 262 g/mol. The number of carboxylic acid groups (broad SMARTS) is 3. The fourth-order valence-electron chi connectivity index (χ4n) is 1.69. The van der Waals surface area contributed by atoms with E-state index < -0.39 is 23.6 Å². The molecule has 0 spiro atoms. The Kier molecular flexibility index (Phi) is 2.83. The predicted molar refractivity (Wildman–Crippen MR) is 60.4 cm³/mol. The molecule has 1 aromatic carbocycles. The lowest BCUT2D eigenvalue weighted by Crippen LogP contribution is -2.10. The minimum atomic E-state index is -1.46. The van der Waals surface area contributed by atoms with Crippen LogP contribution in [0.5, 0.6) is 0 Å². The van der Waals surface area contributed by atoms with Crippen molar-refractivity contribution >= 4 is 28.8 Å². The first-order chi connectivity index (χ1) is 8.93. The van der Waals surface area contributed by atoms with Gasteiger partial charge in [0.25, 0.3) is 0 Å². The van der Waals surface area contributed by atoms with Crippen LogP contribution in [-0.2, 0) is 0 Å². The maximum absolute atomic E-state index is 11.1. The first kappa shape index (κ1) is 12.4. The van der Waals surface area contributed by atoms with Gasteiger partial charge >= 0.3 is 17.9 Å². The molecule has 8 heteroatoms. The van der Waals surface area contributed by atoms with Crippen LogP contribution in [0.2, 0.25) is 0 Å². The Morgan fingerprint density at radius 1 is 0.842 bits per heavy atom. The van der Waals surface area contributed by atoms with E-state index in [0.717, 1.165) is 18.5 Å². The zero-order chi connectivity index (χ0) is 14.2. The summed E-state index contributed by atoms with van der Waals surface area (Å²) in [6.07, 6.45) is 0.879. The van der Waals surface area contributed by atoms with Crippen LogP contribution in [0.1, 0.15) is 31.2 Å². The molecule has 8 nitrogen and oxygen atoms in total. The number of benzene rings is 1. The largest absolute Gasteiger partial charge is 0.478 e. The van der Waals surface area contributed by atoms with Gasteiger partial charge in [0.05, 0.1) is 16.6 Å². The number of carboxylic acids is 3. The minimum Gasteiger partial charge on any atom is -0.478 e. The van der Waals surface area contributed by atoms with Gasteiger partial charge < -0.3 is 15.3 Å². The number of nitrogens with zero attached hydrogens (tertiary/aromatic N) is 2. The Labute approximate surface area is 105 Å². The number of aromatic carboxylic acids is 3. The third kappa shape index (κ3) is 1.95. The summed E-state index contributed by atoms with van der Waals surface area (Å²) in [5.41, 5.74) is -1.42. The van der Waals surface area contributed by atoms with E-state index in [1.165, 1.54) is 0 Å². The molecule has 96 valence electrons. The van der Waals surface area contributed by atoms with Crippen molar-refractivity contribution in [3.63, 3.8) is 0 Å². The second-order valence-corrected chi connectivity index (χ2v) is 3.52. The molecule has 0 unspecified atom stereocenters. The molecule has 2 aromatic rings. The monoisotopic (exact) mass is 262 g/mol. The predicted octanol–water partition coefficient (Wildman–Crippen LogP) is 0.724. The summed E-state index contributed by atoms with van der Waals surface area (Å²) in [5, 5.41) is 26.7. The van der Waals surface area contributed by atoms with Crippen LogP contribution in [0, 0.1) is 0 Å². The highest BCUT2D eigenvalue weighted by Crippen LogP contribution is 2.23. The van der Waals surface area contributed by atoms with E-state index in [1.807, 2.05) is 0 Å². The minimum absolute atomic E-state index is 0.222. The van der Waals surface area contributed by atoms with Crippen LogP contribution in [0.3, 0.4) is 0 Å². The molecular weight excluding hydrogens is 256 g/mol. The van der Waals surface area contributed by atoms with Crippen LogP contribution in [0.15, 0.2) is 18.5 Å². The van der Waals surface area contributed by atoms with Gasteiger partial charge in [-0.05, 0) is 12.1 Å². The van der Waals surface area contributed by atoms with E-state index in [4.69, 9.17) is 15.3 Å². The van der Waals surface area contributed by atoms with Crippen LogP contribution in [0.4, 0.5) is 0 Å². The number of hydrogen-bond acceptors (Lipinski definition) is 5. The molecule has 0 aliphatic carbocycles. The van der Waals surface area contributed by atoms with E-state index in [2.05, 4.69) is 9.97 Å². The summed E-state index contributed by atoms with van der Waals surface area (Å²) in [6, 6.07) is 2.08. The lowest BCUT2D eigenvalue weighted by Gasteiger charge is -2.07. The second-order valence-electron chi connectivity index (χ2n) is 3.52. The molecule has 3 N–H and O–H groups in total. The Morgan fingerprint density at radius 3 is 1.95 bits per heavy atom. The number of hydrogen-bond donors (Lipinski definition) is 3. The summed E-state index contributed by atoms with van der Waals surface area (Å²) in [7, 11) is 0. The summed E-state index contributed by atoms with van der Waals surface area (Å²) in [4.78, 5) is 40.3. The molecule has 19 heavy (non-hydrogen) atoms. The number of fused-ring (bicyclic) bond motifs is 1. The molecule has 0 fully saturated rings. The summed E-state index contributed by atoms with van der Waals surface area (Å²) in [5.74, 6) is -4.19. The van der Waals surface area contributed by atoms with Gasteiger partial charge in [0, 0.05) is 5.39 Å². The molecule has 0 aliphatic rings. The molecule has 0 atom stereocenters. The summed E-state index contributed by atoms with van der Waals surface area (Å²) < 4.78 is 0. The van der Waals surface area contributed by atoms with E-state index >= 15 is 0 Å². The molecule has 1 heterocycles. The Balaban J connectivity index is 3.01. The van der Waals surface area contributed by atoms with Crippen molar-refractivity contribution in [3.8, 4) is 0 Å². The molecule has 2 rings (SSSR count). The first-order valence-corrected chi connectivity index (χ1v) is 4.91. The molecule has 0 bridgehead atoms. The third-order valence-corrected chi connectivity index (χ3v) is 2.45. The Bertz CT molecular complexity index is 704. The van der Waals surface area contributed by atoms with Crippen molar-refractivity contribution in [2.24, 2.45) is 0 Å². The van der Waals surface area contributed by atoms with Crippen molar-refractivity contribution in [2.75, 3.05) is 0 Å². The van der Waals surface area contributed by atoms with Crippen molar-refractivity contribution in [2.45, 2.75) is 0 Å². The van der Waals surface area contributed by atoms with E-state index in [1.54, 1.807) is 0 Å². The molecular formula is C11H6N2O6. The van der Waals surface area contributed by atoms with E-state index in [0.29, 0.717) is 0 Å². The number of carbonyl (C=O) groups is 3. The highest BCUT2D eigenvalue weighted by molar-refractivity contribution is 6.14. The topological polar surface area (TPSA) is 138 Å². The molecule has 0 saturated heterocycles. The fourth-order valence-corrected chi connectivity index (χ4v) is 1.69.